The Morgan fingerprint density at radius 2 is 2.00 bits per heavy atom. The molecule has 14 heavy (non-hydrogen) atoms. The second kappa shape index (κ2) is 2.54. The van der Waals surface area contributed by atoms with Crippen LogP contribution in [-0.2, 0) is 5.60 Å². The van der Waals surface area contributed by atoms with Crippen molar-refractivity contribution in [2.45, 2.75) is 31.8 Å². The van der Waals surface area contributed by atoms with Gasteiger partial charge in [0.15, 0.2) is 0 Å². The third-order valence-corrected chi connectivity index (χ3v) is 3.73. The molecule has 2 atom stereocenters. The molecule has 1 aromatic rings. The molecular formula is C11H14N2O. The summed E-state index contributed by atoms with van der Waals surface area (Å²) in [5.41, 5.74) is 1.06. The van der Waals surface area contributed by atoms with Crippen LogP contribution in [0.3, 0.4) is 0 Å². The van der Waals surface area contributed by atoms with E-state index in [1.165, 1.54) is 6.42 Å². The van der Waals surface area contributed by atoms with Gasteiger partial charge in [-0.25, -0.2) is 0 Å². The van der Waals surface area contributed by atoms with Gasteiger partial charge in [0.2, 0.25) is 0 Å². The standard InChI is InChI=1S/C11H14N2O/c1-7-5-13-10(6-12-7)11(14)8-3-2-4-9(8)11/h5-6,8-9,14H,2-4H2,1H3. The fraction of sp³-hybridized carbons (Fsp3) is 0.636. The molecule has 0 saturated heterocycles. The smallest absolute Gasteiger partial charge is 0.114 e. The number of aliphatic hydroxyl groups is 1. The summed E-state index contributed by atoms with van der Waals surface area (Å²) in [6, 6.07) is 0. The molecule has 3 nitrogen and oxygen atoms in total. The average molecular weight is 190 g/mol. The van der Waals surface area contributed by atoms with Crippen LogP contribution in [0.25, 0.3) is 0 Å². The van der Waals surface area contributed by atoms with E-state index in [1.54, 1.807) is 12.4 Å². The maximum atomic E-state index is 10.4. The summed E-state index contributed by atoms with van der Waals surface area (Å²) in [6.07, 6.45) is 7.03. The van der Waals surface area contributed by atoms with Gasteiger partial charge in [0.05, 0.1) is 17.6 Å². The Morgan fingerprint density at radius 1 is 1.29 bits per heavy atom. The van der Waals surface area contributed by atoms with Gasteiger partial charge in [-0.2, -0.15) is 0 Å². The van der Waals surface area contributed by atoms with Gasteiger partial charge in [0, 0.05) is 6.20 Å². The number of aryl methyl sites for hydroxylation is 1. The lowest BCUT2D eigenvalue weighted by molar-refractivity contribution is 0.100. The quantitative estimate of drug-likeness (QED) is 0.728. The summed E-state index contributed by atoms with van der Waals surface area (Å²) in [5.74, 6) is 0.916. The first-order valence-corrected chi connectivity index (χ1v) is 5.24. The zero-order chi connectivity index (χ0) is 9.76. The highest BCUT2D eigenvalue weighted by atomic mass is 16.3. The van der Waals surface area contributed by atoms with Crippen molar-refractivity contribution in [1.82, 2.24) is 9.97 Å². The van der Waals surface area contributed by atoms with Gasteiger partial charge in [-0.05, 0) is 31.6 Å². The van der Waals surface area contributed by atoms with Crippen LogP contribution in [0.5, 0.6) is 0 Å². The average Bonchev–Trinajstić information content (AvgIpc) is 2.63. The Bertz CT molecular complexity index is 350. The molecule has 0 amide bonds. The molecule has 1 heterocycles. The van der Waals surface area contributed by atoms with Crippen molar-refractivity contribution in [2.75, 3.05) is 0 Å². The summed E-state index contributed by atoms with van der Waals surface area (Å²) in [7, 11) is 0. The molecule has 1 N–H and O–H groups in total. The van der Waals surface area contributed by atoms with Crippen LogP contribution in [0.1, 0.15) is 30.7 Å². The predicted octanol–water partition coefficient (Wildman–Crippen LogP) is 1.40. The molecular weight excluding hydrogens is 176 g/mol. The molecule has 2 saturated carbocycles. The maximum absolute atomic E-state index is 10.4. The Morgan fingerprint density at radius 3 is 2.57 bits per heavy atom. The van der Waals surface area contributed by atoms with Gasteiger partial charge < -0.3 is 5.11 Å². The van der Waals surface area contributed by atoms with Gasteiger partial charge in [0.1, 0.15) is 5.60 Å². The number of hydrogen-bond donors (Lipinski definition) is 1. The van der Waals surface area contributed by atoms with E-state index in [0.717, 1.165) is 24.2 Å². The largest absolute Gasteiger partial charge is 0.383 e. The number of aromatic nitrogens is 2. The molecule has 3 rings (SSSR count). The Balaban J connectivity index is 1.93. The molecule has 2 unspecified atom stereocenters. The third kappa shape index (κ3) is 0.906. The van der Waals surface area contributed by atoms with Crippen LogP contribution in [0.15, 0.2) is 12.4 Å². The van der Waals surface area contributed by atoms with Gasteiger partial charge in [0.25, 0.3) is 0 Å². The minimum atomic E-state index is -0.626. The van der Waals surface area contributed by atoms with E-state index in [-0.39, 0.29) is 0 Å². The molecule has 2 aliphatic rings. The lowest BCUT2D eigenvalue weighted by Crippen LogP contribution is -2.15. The van der Waals surface area contributed by atoms with Crippen molar-refractivity contribution in [1.29, 1.82) is 0 Å². The minimum absolute atomic E-state index is 0.458. The highest BCUT2D eigenvalue weighted by Crippen LogP contribution is 2.65. The number of fused-ring (bicyclic) bond motifs is 1. The summed E-state index contributed by atoms with van der Waals surface area (Å²) < 4.78 is 0. The van der Waals surface area contributed by atoms with E-state index in [0.29, 0.717) is 11.8 Å². The summed E-state index contributed by atoms with van der Waals surface area (Å²) in [6.45, 7) is 1.91. The molecule has 0 bridgehead atoms. The van der Waals surface area contributed by atoms with E-state index in [9.17, 15) is 5.11 Å². The second-order valence-electron chi connectivity index (χ2n) is 4.51. The monoisotopic (exact) mass is 190 g/mol. The molecule has 0 spiro atoms. The molecule has 1 aromatic heterocycles. The van der Waals surface area contributed by atoms with Crippen LogP contribution in [0.2, 0.25) is 0 Å². The van der Waals surface area contributed by atoms with Crippen molar-refractivity contribution in [2.24, 2.45) is 11.8 Å². The summed E-state index contributed by atoms with van der Waals surface area (Å²) >= 11 is 0. The van der Waals surface area contributed by atoms with Crippen LogP contribution in [0.4, 0.5) is 0 Å². The summed E-state index contributed by atoms with van der Waals surface area (Å²) in [4.78, 5) is 8.47. The molecule has 2 aliphatic carbocycles. The van der Waals surface area contributed by atoms with Crippen LogP contribution in [-0.4, -0.2) is 15.1 Å². The van der Waals surface area contributed by atoms with E-state index in [1.807, 2.05) is 6.92 Å². The van der Waals surface area contributed by atoms with Gasteiger partial charge in [-0.15, -0.1) is 0 Å². The SMILES string of the molecule is Cc1cnc(C2(O)C3CCCC32)cn1. The molecule has 0 radical (unpaired) electrons. The number of hydrogen-bond acceptors (Lipinski definition) is 3. The van der Waals surface area contributed by atoms with Gasteiger partial charge in [-0.1, -0.05) is 6.42 Å². The molecule has 0 aliphatic heterocycles. The van der Waals surface area contributed by atoms with Crippen LogP contribution >= 0.6 is 0 Å². The number of rotatable bonds is 1. The second-order valence-corrected chi connectivity index (χ2v) is 4.51. The van der Waals surface area contributed by atoms with Crippen molar-refractivity contribution < 1.29 is 5.11 Å². The Labute approximate surface area is 83.2 Å². The number of nitrogens with zero attached hydrogens (tertiary/aromatic N) is 2. The fourth-order valence-corrected chi connectivity index (χ4v) is 2.90. The normalized spacial score (nSPS) is 39.6. The molecule has 0 aromatic carbocycles. The van der Waals surface area contributed by atoms with Crippen molar-refractivity contribution in [3.63, 3.8) is 0 Å². The van der Waals surface area contributed by atoms with Crippen LogP contribution in [0, 0.1) is 18.8 Å². The van der Waals surface area contributed by atoms with E-state index in [2.05, 4.69) is 9.97 Å². The van der Waals surface area contributed by atoms with E-state index in [4.69, 9.17) is 0 Å². The fourth-order valence-electron chi connectivity index (χ4n) is 2.90. The first kappa shape index (κ1) is 8.36. The molecule has 74 valence electrons. The molecule has 3 heteroatoms. The highest BCUT2D eigenvalue weighted by molar-refractivity contribution is 5.26. The zero-order valence-corrected chi connectivity index (χ0v) is 8.27. The minimum Gasteiger partial charge on any atom is -0.383 e. The lowest BCUT2D eigenvalue weighted by atomic mass is 10.1. The zero-order valence-electron chi connectivity index (χ0n) is 8.27. The Hall–Kier alpha value is -0.960. The van der Waals surface area contributed by atoms with Gasteiger partial charge in [-0.3, -0.25) is 9.97 Å². The maximum Gasteiger partial charge on any atom is 0.114 e. The highest BCUT2D eigenvalue weighted by Gasteiger charge is 2.67. The van der Waals surface area contributed by atoms with E-state index < -0.39 is 5.60 Å². The summed E-state index contributed by atoms with van der Waals surface area (Å²) in [5, 5.41) is 10.4. The molecule has 2 fully saturated rings. The van der Waals surface area contributed by atoms with Crippen molar-refractivity contribution in [3.05, 3.63) is 23.8 Å². The topological polar surface area (TPSA) is 46.0 Å². The predicted molar refractivity (Wildman–Crippen MR) is 51.5 cm³/mol. The lowest BCUT2D eigenvalue weighted by Gasteiger charge is -2.12. The Kier molecular flexibility index (Phi) is 1.52. The first-order valence-electron chi connectivity index (χ1n) is 5.24. The van der Waals surface area contributed by atoms with Crippen molar-refractivity contribution in [3.8, 4) is 0 Å². The van der Waals surface area contributed by atoms with E-state index >= 15 is 0 Å². The van der Waals surface area contributed by atoms with Crippen molar-refractivity contribution >= 4 is 0 Å². The van der Waals surface area contributed by atoms with Gasteiger partial charge >= 0.3 is 0 Å². The van der Waals surface area contributed by atoms with Crippen LogP contribution < -0.4 is 0 Å². The third-order valence-electron chi connectivity index (χ3n) is 3.73. The first-order chi connectivity index (χ1) is 6.73.